The summed E-state index contributed by atoms with van der Waals surface area (Å²) in [7, 11) is 4.10. The van der Waals surface area contributed by atoms with Gasteiger partial charge in [-0.3, -0.25) is 0 Å². The predicted octanol–water partition coefficient (Wildman–Crippen LogP) is 1.96. The van der Waals surface area contributed by atoms with Crippen LogP contribution >= 0.6 is 0 Å². The van der Waals surface area contributed by atoms with Crippen LogP contribution in [0.15, 0.2) is 18.2 Å². The maximum absolute atomic E-state index is 6.09. The predicted molar refractivity (Wildman–Crippen MR) is 70.4 cm³/mol. The first-order chi connectivity index (χ1) is 8.16. The van der Waals surface area contributed by atoms with Crippen LogP contribution in [-0.4, -0.2) is 32.1 Å². The van der Waals surface area contributed by atoms with Crippen molar-refractivity contribution in [3.63, 3.8) is 0 Å². The molecule has 3 heteroatoms. The normalized spacial score (nSPS) is 19.2. The number of benzene rings is 1. The van der Waals surface area contributed by atoms with Crippen molar-refractivity contribution in [3.05, 3.63) is 29.3 Å². The van der Waals surface area contributed by atoms with Crippen LogP contribution in [0.4, 0.5) is 0 Å². The molecule has 1 aromatic rings. The Labute approximate surface area is 104 Å². The Bertz CT molecular complexity index is 376. The molecule has 1 atom stereocenters. The van der Waals surface area contributed by atoms with E-state index in [4.69, 9.17) is 10.5 Å². The Morgan fingerprint density at radius 2 is 2.24 bits per heavy atom. The molecule has 0 spiro atoms. The first-order valence-electron chi connectivity index (χ1n) is 6.33. The standard InChI is InChI=1S/C14H22N2O/c1-16(2)8-9-17-12-6-7-13-11(10-12)4-3-5-14(13)15/h6-7,10,14H,3-5,8-9,15H2,1-2H3/t14-/m0/s1. The molecular formula is C14H22N2O. The monoisotopic (exact) mass is 234 g/mol. The Kier molecular flexibility index (Phi) is 4.02. The number of nitrogens with zero attached hydrogens (tertiary/aromatic N) is 1. The zero-order valence-corrected chi connectivity index (χ0v) is 10.8. The molecule has 0 saturated heterocycles. The number of aryl methyl sites for hydroxylation is 1. The molecule has 1 aliphatic rings. The van der Waals surface area contributed by atoms with E-state index in [1.165, 1.54) is 17.5 Å². The van der Waals surface area contributed by atoms with Crippen molar-refractivity contribution in [1.82, 2.24) is 4.90 Å². The molecule has 0 aromatic heterocycles. The average molecular weight is 234 g/mol. The van der Waals surface area contributed by atoms with Gasteiger partial charge in [0.05, 0.1) is 0 Å². The van der Waals surface area contributed by atoms with Gasteiger partial charge >= 0.3 is 0 Å². The fourth-order valence-electron chi connectivity index (χ4n) is 2.26. The van der Waals surface area contributed by atoms with E-state index in [1.54, 1.807) is 0 Å². The van der Waals surface area contributed by atoms with Crippen LogP contribution in [0.3, 0.4) is 0 Å². The van der Waals surface area contributed by atoms with Gasteiger partial charge in [-0.05, 0) is 56.6 Å². The number of rotatable bonds is 4. The summed E-state index contributed by atoms with van der Waals surface area (Å²) in [5, 5.41) is 0. The number of likely N-dealkylation sites (N-methyl/N-ethyl adjacent to an activating group) is 1. The molecular weight excluding hydrogens is 212 g/mol. The maximum Gasteiger partial charge on any atom is 0.119 e. The summed E-state index contributed by atoms with van der Waals surface area (Å²) >= 11 is 0. The van der Waals surface area contributed by atoms with Crippen LogP contribution in [0.25, 0.3) is 0 Å². The van der Waals surface area contributed by atoms with E-state index in [0.717, 1.165) is 31.7 Å². The minimum Gasteiger partial charge on any atom is -0.492 e. The quantitative estimate of drug-likeness (QED) is 0.865. The Balaban J connectivity index is 2.01. The molecule has 1 aromatic carbocycles. The summed E-state index contributed by atoms with van der Waals surface area (Å²) in [5.74, 6) is 0.972. The van der Waals surface area contributed by atoms with Crippen LogP contribution in [-0.2, 0) is 6.42 Å². The zero-order valence-electron chi connectivity index (χ0n) is 10.8. The van der Waals surface area contributed by atoms with Crippen molar-refractivity contribution < 1.29 is 4.74 Å². The summed E-state index contributed by atoms with van der Waals surface area (Å²) in [6.07, 6.45) is 3.43. The van der Waals surface area contributed by atoms with Gasteiger partial charge in [0.25, 0.3) is 0 Å². The van der Waals surface area contributed by atoms with Crippen molar-refractivity contribution >= 4 is 0 Å². The van der Waals surface area contributed by atoms with E-state index in [1.807, 2.05) is 6.07 Å². The molecule has 2 rings (SSSR count). The highest BCUT2D eigenvalue weighted by molar-refractivity contribution is 5.38. The summed E-state index contributed by atoms with van der Waals surface area (Å²) in [5.41, 5.74) is 8.76. The molecule has 3 nitrogen and oxygen atoms in total. The van der Waals surface area contributed by atoms with E-state index in [0.29, 0.717) is 0 Å². The Morgan fingerprint density at radius 3 is 3.00 bits per heavy atom. The molecule has 0 unspecified atom stereocenters. The summed E-state index contributed by atoms with van der Waals surface area (Å²) in [4.78, 5) is 2.12. The number of hydrogen-bond acceptors (Lipinski definition) is 3. The van der Waals surface area contributed by atoms with Crippen molar-refractivity contribution in [2.75, 3.05) is 27.2 Å². The summed E-state index contributed by atoms with van der Waals surface area (Å²) in [6.45, 7) is 1.68. The highest BCUT2D eigenvalue weighted by Crippen LogP contribution is 2.30. The topological polar surface area (TPSA) is 38.5 Å². The largest absolute Gasteiger partial charge is 0.492 e. The number of hydrogen-bond donors (Lipinski definition) is 1. The molecule has 0 aliphatic heterocycles. The highest BCUT2D eigenvalue weighted by atomic mass is 16.5. The van der Waals surface area contributed by atoms with Crippen molar-refractivity contribution in [1.29, 1.82) is 0 Å². The Morgan fingerprint density at radius 1 is 1.41 bits per heavy atom. The van der Waals surface area contributed by atoms with Gasteiger partial charge in [-0.15, -0.1) is 0 Å². The zero-order chi connectivity index (χ0) is 12.3. The number of nitrogens with two attached hydrogens (primary N) is 1. The van der Waals surface area contributed by atoms with Crippen LogP contribution < -0.4 is 10.5 Å². The van der Waals surface area contributed by atoms with Gasteiger partial charge in [0.15, 0.2) is 0 Å². The molecule has 2 N–H and O–H groups in total. The van der Waals surface area contributed by atoms with Crippen molar-refractivity contribution in [2.24, 2.45) is 5.73 Å². The second kappa shape index (κ2) is 5.52. The van der Waals surface area contributed by atoms with E-state index in [-0.39, 0.29) is 6.04 Å². The third-order valence-electron chi connectivity index (χ3n) is 3.28. The third kappa shape index (κ3) is 3.20. The molecule has 0 heterocycles. The molecule has 94 valence electrons. The van der Waals surface area contributed by atoms with E-state index >= 15 is 0 Å². The highest BCUT2D eigenvalue weighted by Gasteiger charge is 2.16. The lowest BCUT2D eigenvalue weighted by molar-refractivity contribution is 0.261. The summed E-state index contributed by atoms with van der Waals surface area (Å²) < 4.78 is 5.74. The Hall–Kier alpha value is -1.06. The van der Waals surface area contributed by atoms with Crippen LogP contribution in [0, 0.1) is 0 Å². The van der Waals surface area contributed by atoms with Gasteiger partial charge in [0, 0.05) is 12.6 Å². The molecule has 0 bridgehead atoms. The fourth-order valence-corrected chi connectivity index (χ4v) is 2.26. The third-order valence-corrected chi connectivity index (χ3v) is 3.28. The van der Waals surface area contributed by atoms with Gasteiger partial charge in [-0.1, -0.05) is 6.07 Å². The minimum absolute atomic E-state index is 0.217. The smallest absolute Gasteiger partial charge is 0.119 e. The van der Waals surface area contributed by atoms with Gasteiger partial charge in [-0.25, -0.2) is 0 Å². The lowest BCUT2D eigenvalue weighted by Crippen LogP contribution is -2.20. The average Bonchev–Trinajstić information content (AvgIpc) is 2.29. The van der Waals surface area contributed by atoms with Gasteiger partial charge in [0.2, 0.25) is 0 Å². The molecule has 0 fully saturated rings. The minimum atomic E-state index is 0.217. The number of fused-ring (bicyclic) bond motifs is 1. The second-order valence-electron chi connectivity index (χ2n) is 5.01. The second-order valence-corrected chi connectivity index (χ2v) is 5.01. The van der Waals surface area contributed by atoms with Gasteiger partial charge in [-0.2, -0.15) is 0 Å². The first kappa shape index (κ1) is 12.4. The van der Waals surface area contributed by atoms with Crippen molar-refractivity contribution in [2.45, 2.75) is 25.3 Å². The van der Waals surface area contributed by atoms with Gasteiger partial charge in [0.1, 0.15) is 12.4 Å². The van der Waals surface area contributed by atoms with E-state index in [2.05, 4.69) is 31.1 Å². The van der Waals surface area contributed by atoms with E-state index in [9.17, 15) is 0 Å². The number of ether oxygens (including phenoxy) is 1. The van der Waals surface area contributed by atoms with Crippen LogP contribution in [0.2, 0.25) is 0 Å². The van der Waals surface area contributed by atoms with Crippen LogP contribution in [0.5, 0.6) is 5.75 Å². The molecule has 0 radical (unpaired) electrons. The SMILES string of the molecule is CN(C)CCOc1ccc2c(c1)CCC[C@@H]2N. The molecule has 0 saturated carbocycles. The van der Waals surface area contributed by atoms with Crippen LogP contribution in [0.1, 0.15) is 30.0 Å². The lowest BCUT2D eigenvalue weighted by atomic mass is 9.88. The maximum atomic E-state index is 6.09. The van der Waals surface area contributed by atoms with Crippen molar-refractivity contribution in [3.8, 4) is 5.75 Å². The lowest BCUT2D eigenvalue weighted by Gasteiger charge is -2.22. The first-order valence-corrected chi connectivity index (χ1v) is 6.33. The van der Waals surface area contributed by atoms with E-state index < -0.39 is 0 Å². The summed E-state index contributed by atoms with van der Waals surface area (Å²) in [6, 6.07) is 6.54. The molecule has 1 aliphatic carbocycles. The molecule has 0 amide bonds. The fraction of sp³-hybridized carbons (Fsp3) is 0.571. The van der Waals surface area contributed by atoms with Gasteiger partial charge < -0.3 is 15.4 Å². The molecule has 17 heavy (non-hydrogen) atoms.